The third-order valence-electron chi connectivity index (χ3n) is 13.7. The smallest absolute Gasteiger partial charge is 0.246 e. The van der Waals surface area contributed by atoms with Gasteiger partial charge in [0.05, 0.1) is 12.6 Å². The Balaban J connectivity index is 1.99. The molecule has 394 valence electrons. The van der Waals surface area contributed by atoms with Crippen molar-refractivity contribution in [2.75, 3.05) is 13.1 Å². The predicted octanol–water partition coefficient (Wildman–Crippen LogP) is -0.550. The van der Waals surface area contributed by atoms with E-state index in [2.05, 4.69) is 37.2 Å². The highest BCUT2D eigenvalue weighted by Crippen LogP contribution is 2.31. The van der Waals surface area contributed by atoms with Crippen LogP contribution in [-0.4, -0.2) is 119 Å². The number of aromatic hydroxyl groups is 1. The van der Waals surface area contributed by atoms with Crippen LogP contribution in [-0.2, 0) is 59.2 Å². The molecule has 1 heterocycles. The van der Waals surface area contributed by atoms with Gasteiger partial charge in [-0.2, -0.15) is 0 Å². The average molecular weight is 997 g/mol. The topological polar surface area (TPSA) is 370 Å². The molecule has 1 aromatic rings. The van der Waals surface area contributed by atoms with Gasteiger partial charge in [-0.1, -0.05) is 66.0 Å². The number of ketones is 2. The standard InChI is InChI=1S/C49H76N10O12/c1-6-27(3)43-47(70)57-34(15-17-39(51)63)44(67)56-35(18-21-50)45(68)55-33(38(62)22-28(4)29(5)23-42(66)59-49(19-8-9-20-49)48(71)53-26-40(52)64)14-16-37(61)31(7-2)25-41(65)54-36(46(69)58-43)24-30-10-12-32(60)13-11-30/h10-13,27-29,31,33-36,43,60H,6-9,14-26,50H2,1-5H3,(H2,51,63)(H2,52,64)(H,53,71)(H,54,65)(H,55,68)(H,56,67)(H,57,70)(H,58,69)(H,59,66). The highest BCUT2D eigenvalue weighted by atomic mass is 16.3. The summed E-state index contributed by atoms with van der Waals surface area (Å²) >= 11 is 0. The van der Waals surface area contributed by atoms with Crippen LogP contribution in [0.4, 0.5) is 0 Å². The molecule has 2 fully saturated rings. The first-order valence-electron chi connectivity index (χ1n) is 24.7. The summed E-state index contributed by atoms with van der Waals surface area (Å²) in [5.41, 5.74) is 15.9. The lowest BCUT2D eigenvalue weighted by atomic mass is 9.85. The molecule has 2 aliphatic rings. The van der Waals surface area contributed by atoms with Crippen molar-refractivity contribution in [2.24, 2.45) is 40.9 Å². The van der Waals surface area contributed by atoms with Crippen LogP contribution < -0.4 is 54.4 Å². The highest BCUT2D eigenvalue weighted by Gasteiger charge is 2.43. The summed E-state index contributed by atoms with van der Waals surface area (Å²) in [7, 11) is 0. The van der Waals surface area contributed by atoms with Gasteiger partial charge in [0, 0.05) is 44.4 Å². The average Bonchev–Trinajstić information content (AvgIpc) is 3.80. The van der Waals surface area contributed by atoms with Gasteiger partial charge in [-0.05, 0) is 80.5 Å². The second-order valence-corrected chi connectivity index (χ2v) is 19.3. The van der Waals surface area contributed by atoms with Crippen LogP contribution >= 0.6 is 0 Å². The first-order valence-corrected chi connectivity index (χ1v) is 24.7. The molecule has 22 heteroatoms. The molecule has 1 aliphatic carbocycles. The Hall–Kier alpha value is -6.45. The van der Waals surface area contributed by atoms with Crippen molar-refractivity contribution in [1.82, 2.24) is 37.2 Å². The summed E-state index contributed by atoms with van der Waals surface area (Å²) in [6.45, 7) is 8.15. The molecule has 1 saturated heterocycles. The van der Waals surface area contributed by atoms with Gasteiger partial charge in [-0.15, -0.1) is 0 Å². The number of carbonyl (C=O) groups is 11. The number of hydrogen-bond acceptors (Lipinski definition) is 13. The first kappa shape index (κ1) is 58.9. The molecular weight excluding hydrogens is 921 g/mol. The fourth-order valence-electron chi connectivity index (χ4n) is 8.79. The van der Waals surface area contributed by atoms with Crippen LogP contribution in [0.25, 0.3) is 0 Å². The molecule has 0 radical (unpaired) electrons. The lowest BCUT2D eigenvalue weighted by Crippen LogP contribution is -2.60. The Morgan fingerprint density at radius 3 is 1.94 bits per heavy atom. The zero-order valence-electron chi connectivity index (χ0n) is 41.7. The van der Waals surface area contributed by atoms with Gasteiger partial charge in [0.25, 0.3) is 0 Å². The molecule has 3 rings (SSSR count). The van der Waals surface area contributed by atoms with Crippen LogP contribution in [0, 0.1) is 23.7 Å². The van der Waals surface area contributed by atoms with E-state index in [0.29, 0.717) is 37.7 Å². The Morgan fingerprint density at radius 1 is 0.761 bits per heavy atom. The summed E-state index contributed by atoms with van der Waals surface area (Å²) in [5, 5.41) is 28.5. The maximum atomic E-state index is 14.3. The molecule has 9 amide bonds. The number of carbonyl (C=O) groups excluding carboxylic acids is 11. The number of benzene rings is 1. The number of amides is 9. The molecular formula is C49H76N10O12. The fraction of sp³-hybridized carbons (Fsp3) is 0.653. The lowest BCUT2D eigenvalue weighted by Gasteiger charge is -2.30. The Kier molecular flexibility index (Phi) is 23.6. The number of phenols is 1. The predicted molar refractivity (Wildman–Crippen MR) is 260 cm³/mol. The van der Waals surface area contributed by atoms with E-state index >= 15 is 0 Å². The molecule has 0 bridgehead atoms. The quantitative estimate of drug-likeness (QED) is 0.0783. The van der Waals surface area contributed by atoms with E-state index in [4.69, 9.17) is 17.2 Å². The highest BCUT2D eigenvalue weighted by molar-refractivity contribution is 5.98. The molecule has 1 saturated carbocycles. The minimum Gasteiger partial charge on any atom is -0.508 e. The number of rotatable bonds is 20. The van der Waals surface area contributed by atoms with Crippen LogP contribution in [0.5, 0.6) is 5.75 Å². The van der Waals surface area contributed by atoms with Gasteiger partial charge in [0.2, 0.25) is 53.2 Å². The van der Waals surface area contributed by atoms with Gasteiger partial charge in [-0.25, -0.2) is 0 Å². The normalized spacial score (nSPS) is 24.1. The van der Waals surface area contributed by atoms with Gasteiger partial charge >= 0.3 is 0 Å². The van der Waals surface area contributed by atoms with Crippen LogP contribution in [0.15, 0.2) is 24.3 Å². The van der Waals surface area contributed by atoms with E-state index in [9.17, 15) is 57.8 Å². The molecule has 9 unspecified atom stereocenters. The van der Waals surface area contributed by atoms with E-state index in [0.717, 1.165) is 0 Å². The first-order chi connectivity index (χ1) is 33.5. The maximum absolute atomic E-state index is 14.3. The number of nitrogens with one attached hydrogen (secondary N) is 7. The van der Waals surface area contributed by atoms with Crippen LogP contribution in [0.3, 0.4) is 0 Å². The molecule has 0 aromatic heterocycles. The summed E-state index contributed by atoms with van der Waals surface area (Å²) in [4.78, 5) is 148. The van der Waals surface area contributed by atoms with Gasteiger partial charge < -0.3 is 59.5 Å². The van der Waals surface area contributed by atoms with Gasteiger partial charge in [0.1, 0.15) is 41.2 Å². The van der Waals surface area contributed by atoms with E-state index in [1.165, 1.54) is 12.1 Å². The van der Waals surface area contributed by atoms with Crippen molar-refractivity contribution < 1.29 is 57.8 Å². The van der Waals surface area contributed by atoms with E-state index in [1.807, 2.05) is 0 Å². The summed E-state index contributed by atoms with van der Waals surface area (Å²) in [6.07, 6.45) is 0.701. The summed E-state index contributed by atoms with van der Waals surface area (Å²) in [5.74, 6) is -9.70. The van der Waals surface area contributed by atoms with Crippen molar-refractivity contribution in [3.05, 3.63) is 29.8 Å². The van der Waals surface area contributed by atoms with Crippen molar-refractivity contribution in [3.63, 3.8) is 0 Å². The largest absolute Gasteiger partial charge is 0.508 e. The molecule has 22 nitrogen and oxygen atoms in total. The van der Waals surface area contributed by atoms with E-state index < -0.39 is 124 Å². The van der Waals surface area contributed by atoms with Crippen LogP contribution in [0.2, 0.25) is 0 Å². The van der Waals surface area contributed by atoms with E-state index in [-0.39, 0.29) is 83.0 Å². The Morgan fingerprint density at radius 2 is 1.35 bits per heavy atom. The Labute approximate surface area is 415 Å². The zero-order chi connectivity index (χ0) is 53.0. The number of nitrogens with two attached hydrogens (primary N) is 3. The molecule has 0 spiro atoms. The minimum atomic E-state index is -1.46. The van der Waals surface area contributed by atoms with Crippen LogP contribution in [0.1, 0.15) is 130 Å². The van der Waals surface area contributed by atoms with Crippen molar-refractivity contribution in [1.29, 1.82) is 0 Å². The summed E-state index contributed by atoms with van der Waals surface area (Å²) < 4.78 is 0. The molecule has 14 N–H and O–H groups in total. The molecule has 9 atom stereocenters. The van der Waals surface area contributed by atoms with Gasteiger partial charge in [-0.3, -0.25) is 52.7 Å². The van der Waals surface area contributed by atoms with Crippen molar-refractivity contribution in [3.8, 4) is 5.75 Å². The lowest BCUT2D eigenvalue weighted by molar-refractivity contribution is -0.136. The second-order valence-electron chi connectivity index (χ2n) is 19.3. The number of primary amides is 2. The molecule has 1 aromatic carbocycles. The van der Waals surface area contributed by atoms with E-state index in [1.54, 1.807) is 46.8 Å². The van der Waals surface area contributed by atoms with Gasteiger partial charge in [0.15, 0.2) is 5.78 Å². The number of phenolic OH excluding ortho intramolecular Hbond substituents is 1. The molecule has 71 heavy (non-hydrogen) atoms. The van der Waals surface area contributed by atoms with Crippen molar-refractivity contribution >= 4 is 64.7 Å². The Bertz CT molecular complexity index is 2080. The minimum absolute atomic E-state index is 0.0329. The van der Waals surface area contributed by atoms with Crippen molar-refractivity contribution in [2.45, 2.75) is 167 Å². The third kappa shape index (κ3) is 18.7. The SMILES string of the molecule is CCC1CC(=O)NC(Cc2ccc(O)cc2)C(=O)NC(C(C)CC)C(=O)NC(CCC(N)=O)C(=O)NC(CCN)C(=O)NC(C(=O)CC(C)C(C)CC(=O)NC2(C(=O)NCC(N)=O)CCCC2)CCC1=O. The maximum Gasteiger partial charge on any atom is 0.246 e. The fourth-order valence-corrected chi connectivity index (χ4v) is 8.79. The molecule has 1 aliphatic heterocycles. The zero-order valence-corrected chi connectivity index (χ0v) is 41.7. The number of hydrogen-bond donors (Lipinski definition) is 11. The summed E-state index contributed by atoms with van der Waals surface area (Å²) in [6, 6.07) is -0.762. The number of Topliss-reactive ketones (excluding diaryl/α,β-unsaturated/α-hetero) is 2. The third-order valence-corrected chi connectivity index (χ3v) is 13.7. The monoisotopic (exact) mass is 997 g/mol. The second kappa shape index (κ2) is 28.4.